The van der Waals surface area contributed by atoms with Gasteiger partial charge >= 0.3 is 6.09 Å². The van der Waals surface area contributed by atoms with Crippen molar-refractivity contribution >= 4 is 36.0 Å². The first-order chi connectivity index (χ1) is 11.4. The van der Waals surface area contributed by atoms with E-state index in [1.807, 2.05) is 27.7 Å². The van der Waals surface area contributed by atoms with E-state index in [0.29, 0.717) is 19.2 Å². The van der Waals surface area contributed by atoms with Gasteiger partial charge in [-0.25, -0.2) is 4.79 Å². The molecule has 0 aromatic heterocycles. The van der Waals surface area contributed by atoms with Gasteiger partial charge < -0.3 is 25.4 Å². The van der Waals surface area contributed by atoms with E-state index >= 15 is 0 Å². The number of guanidine groups is 1. The largest absolute Gasteiger partial charge is 0.444 e. The van der Waals surface area contributed by atoms with Crippen LogP contribution in [0, 0.1) is 0 Å². The standard InChI is InChI=1S/C17H34N4O3.HI/c1-5-18-15(20-12-9-14-8-6-13-23-14)19-10-7-11-21-16(22)24-17(2,3)4;/h14H,5-13H2,1-4H3,(H,21,22)(H2,18,19,20);1H. The zero-order valence-electron chi connectivity index (χ0n) is 16.0. The summed E-state index contributed by atoms with van der Waals surface area (Å²) < 4.78 is 10.8. The molecule has 0 aromatic carbocycles. The number of hydrogen-bond donors (Lipinski definition) is 3. The molecule has 3 N–H and O–H groups in total. The van der Waals surface area contributed by atoms with Crippen LogP contribution in [0.1, 0.15) is 53.4 Å². The minimum absolute atomic E-state index is 0. The van der Waals surface area contributed by atoms with E-state index in [0.717, 1.165) is 44.9 Å². The number of carbonyl (C=O) groups excluding carboxylic acids is 1. The van der Waals surface area contributed by atoms with Gasteiger partial charge in [-0.15, -0.1) is 24.0 Å². The Labute approximate surface area is 169 Å². The molecule has 0 aliphatic carbocycles. The van der Waals surface area contributed by atoms with Crippen LogP contribution in [-0.4, -0.2) is 56.5 Å². The van der Waals surface area contributed by atoms with Crippen molar-refractivity contribution in [2.24, 2.45) is 4.99 Å². The van der Waals surface area contributed by atoms with Gasteiger partial charge in [0.2, 0.25) is 0 Å². The van der Waals surface area contributed by atoms with Gasteiger partial charge in [0.05, 0.1) is 6.10 Å². The summed E-state index contributed by atoms with van der Waals surface area (Å²) in [5, 5.41) is 9.29. The van der Waals surface area contributed by atoms with Gasteiger partial charge in [0.15, 0.2) is 5.96 Å². The van der Waals surface area contributed by atoms with E-state index in [1.54, 1.807) is 0 Å². The topological polar surface area (TPSA) is 84.0 Å². The van der Waals surface area contributed by atoms with E-state index in [4.69, 9.17) is 9.47 Å². The van der Waals surface area contributed by atoms with Gasteiger partial charge in [0.1, 0.15) is 5.60 Å². The van der Waals surface area contributed by atoms with E-state index in [2.05, 4.69) is 20.9 Å². The summed E-state index contributed by atoms with van der Waals surface area (Å²) >= 11 is 0. The average Bonchev–Trinajstić information content (AvgIpc) is 2.98. The predicted molar refractivity (Wildman–Crippen MR) is 112 cm³/mol. The van der Waals surface area contributed by atoms with Crippen molar-refractivity contribution in [2.45, 2.75) is 65.1 Å². The second-order valence-electron chi connectivity index (χ2n) is 6.89. The lowest BCUT2D eigenvalue weighted by Crippen LogP contribution is -2.38. The number of hydrogen-bond acceptors (Lipinski definition) is 4. The zero-order chi connectivity index (χ0) is 17.8. The summed E-state index contributed by atoms with van der Waals surface area (Å²) in [6.45, 7) is 11.4. The van der Waals surface area contributed by atoms with E-state index in [1.165, 1.54) is 6.42 Å². The quantitative estimate of drug-likeness (QED) is 0.220. The summed E-state index contributed by atoms with van der Waals surface area (Å²) in [5.74, 6) is 0.813. The van der Waals surface area contributed by atoms with E-state index in [9.17, 15) is 4.79 Å². The van der Waals surface area contributed by atoms with Crippen LogP contribution < -0.4 is 16.0 Å². The fourth-order valence-electron chi connectivity index (χ4n) is 2.34. The SMILES string of the molecule is CCNC(=NCCCNC(=O)OC(C)(C)C)NCCC1CCCO1.I. The summed E-state index contributed by atoms with van der Waals surface area (Å²) in [5.41, 5.74) is -0.465. The fourth-order valence-corrected chi connectivity index (χ4v) is 2.34. The highest BCUT2D eigenvalue weighted by Gasteiger charge is 2.16. The summed E-state index contributed by atoms with van der Waals surface area (Å²) in [6.07, 6.45) is 4.10. The first-order valence-electron chi connectivity index (χ1n) is 9.01. The fraction of sp³-hybridized carbons (Fsp3) is 0.882. The van der Waals surface area contributed by atoms with Crippen LogP contribution in [0.2, 0.25) is 0 Å². The molecular formula is C17H35IN4O3. The number of carbonyl (C=O) groups is 1. The lowest BCUT2D eigenvalue weighted by Gasteiger charge is -2.19. The molecular weight excluding hydrogens is 435 g/mol. The van der Waals surface area contributed by atoms with Crippen molar-refractivity contribution in [1.29, 1.82) is 0 Å². The van der Waals surface area contributed by atoms with Crippen molar-refractivity contribution < 1.29 is 14.3 Å². The molecule has 1 unspecified atom stereocenters. The highest BCUT2D eigenvalue weighted by atomic mass is 127. The summed E-state index contributed by atoms with van der Waals surface area (Å²) in [6, 6.07) is 0. The third kappa shape index (κ3) is 13.1. The van der Waals surface area contributed by atoms with E-state index < -0.39 is 5.60 Å². The number of nitrogens with zero attached hydrogens (tertiary/aromatic N) is 1. The Hall–Kier alpha value is -0.770. The number of alkyl carbamates (subject to hydrolysis) is 1. The minimum Gasteiger partial charge on any atom is -0.444 e. The van der Waals surface area contributed by atoms with E-state index in [-0.39, 0.29) is 30.1 Å². The zero-order valence-corrected chi connectivity index (χ0v) is 18.4. The maximum absolute atomic E-state index is 11.5. The lowest BCUT2D eigenvalue weighted by atomic mass is 10.2. The molecule has 0 radical (unpaired) electrons. The van der Waals surface area contributed by atoms with Crippen molar-refractivity contribution in [2.75, 3.05) is 32.8 Å². The molecule has 1 heterocycles. The van der Waals surface area contributed by atoms with Crippen LogP contribution >= 0.6 is 24.0 Å². The van der Waals surface area contributed by atoms with Gasteiger partial charge in [-0.1, -0.05) is 0 Å². The molecule has 1 aliphatic heterocycles. The molecule has 1 saturated heterocycles. The van der Waals surface area contributed by atoms with Crippen LogP contribution in [0.25, 0.3) is 0 Å². The summed E-state index contributed by atoms with van der Waals surface area (Å²) in [4.78, 5) is 16.0. The third-order valence-corrected chi connectivity index (χ3v) is 3.40. The number of halogens is 1. The molecule has 25 heavy (non-hydrogen) atoms. The Balaban J connectivity index is 0.00000576. The molecule has 1 rings (SSSR count). The van der Waals surface area contributed by atoms with Crippen LogP contribution in [0.3, 0.4) is 0 Å². The second kappa shape index (κ2) is 13.4. The van der Waals surface area contributed by atoms with Gasteiger partial charge in [-0.3, -0.25) is 4.99 Å². The molecule has 0 aromatic rings. The van der Waals surface area contributed by atoms with Crippen LogP contribution in [0.15, 0.2) is 4.99 Å². The van der Waals surface area contributed by atoms with Crippen LogP contribution in [0.5, 0.6) is 0 Å². The highest BCUT2D eigenvalue weighted by molar-refractivity contribution is 14.0. The van der Waals surface area contributed by atoms with Gasteiger partial charge in [-0.2, -0.15) is 0 Å². The average molecular weight is 470 g/mol. The molecule has 0 spiro atoms. The molecule has 1 fully saturated rings. The Morgan fingerprint density at radius 1 is 1.24 bits per heavy atom. The van der Waals surface area contributed by atoms with Crippen molar-refractivity contribution in [3.8, 4) is 0 Å². The number of nitrogens with one attached hydrogen (secondary N) is 3. The van der Waals surface area contributed by atoms with Crippen molar-refractivity contribution in [3.05, 3.63) is 0 Å². The van der Waals surface area contributed by atoms with Crippen molar-refractivity contribution in [3.63, 3.8) is 0 Å². The molecule has 8 heteroatoms. The number of ether oxygens (including phenoxy) is 2. The van der Waals surface area contributed by atoms with Gasteiger partial charge in [0, 0.05) is 32.8 Å². The smallest absolute Gasteiger partial charge is 0.407 e. The number of amides is 1. The highest BCUT2D eigenvalue weighted by Crippen LogP contribution is 2.14. The molecule has 148 valence electrons. The molecule has 1 amide bonds. The Kier molecular flexibility index (Phi) is 13.0. The minimum atomic E-state index is -0.465. The molecule has 7 nitrogen and oxygen atoms in total. The number of rotatable bonds is 8. The lowest BCUT2D eigenvalue weighted by molar-refractivity contribution is 0.0527. The molecule has 0 saturated carbocycles. The Morgan fingerprint density at radius 3 is 2.60 bits per heavy atom. The normalized spacial score (nSPS) is 17.6. The van der Waals surface area contributed by atoms with Crippen LogP contribution in [-0.2, 0) is 9.47 Å². The van der Waals surface area contributed by atoms with Crippen molar-refractivity contribution in [1.82, 2.24) is 16.0 Å². The predicted octanol–water partition coefficient (Wildman–Crippen LogP) is 2.64. The monoisotopic (exact) mass is 470 g/mol. The Morgan fingerprint density at radius 2 is 2.00 bits per heavy atom. The van der Waals surface area contributed by atoms with Gasteiger partial charge in [0.25, 0.3) is 0 Å². The maximum atomic E-state index is 11.5. The van der Waals surface area contributed by atoms with Crippen LogP contribution in [0.4, 0.5) is 4.79 Å². The molecule has 1 atom stereocenters. The molecule has 0 bridgehead atoms. The number of aliphatic imine (C=N–C) groups is 1. The summed E-state index contributed by atoms with van der Waals surface area (Å²) in [7, 11) is 0. The second-order valence-corrected chi connectivity index (χ2v) is 6.89. The maximum Gasteiger partial charge on any atom is 0.407 e. The first-order valence-corrected chi connectivity index (χ1v) is 9.01. The van der Waals surface area contributed by atoms with Gasteiger partial charge in [-0.05, 0) is 53.4 Å². The molecule has 1 aliphatic rings. The Bertz CT molecular complexity index is 394. The third-order valence-electron chi connectivity index (χ3n) is 3.40. The first kappa shape index (κ1) is 24.2.